The highest BCUT2D eigenvalue weighted by Crippen LogP contribution is 2.33. The topological polar surface area (TPSA) is 0 Å². The van der Waals surface area contributed by atoms with E-state index in [1.54, 1.807) is 0 Å². The number of hydrogen-bond acceptors (Lipinski definition) is 4. The van der Waals surface area contributed by atoms with Gasteiger partial charge in [0.15, 0.2) is 0 Å². The Kier molecular flexibility index (Phi) is 7.47. The lowest BCUT2D eigenvalue weighted by Gasteiger charge is -2.26. The lowest BCUT2D eigenvalue weighted by atomic mass is 10.5. The van der Waals surface area contributed by atoms with Crippen LogP contribution in [-0.2, 0) is 0 Å². The van der Waals surface area contributed by atoms with E-state index in [9.17, 15) is 0 Å². The average Bonchev–Trinajstić information content (AvgIpc) is 2.25. The van der Waals surface area contributed by atoms with Gasteiger partial charge in [0.2, 0.25) is 0 Å². The highest BCUT2D eigenvalue weighted by atomic mass is 32.2. The van der Waals surface area contributed by atoms with Crippen molar-refractivity contribution in [3.8, 4) is 0 Å². The van der Waals surface area contributed by atoms with Gasteiger partial charge in [0, 0.05) is 33.5 Å². The summed E-state index contributed by atoms with van der Waals surface area (Å²) in [5.41, 5.74) is 0. The monoisotopic (exact) mass is 264 g/mol. The maximum absolute atomic E-state index is 3.73. The standard InChI is InChI=1S/C10H16S4/c1-3-11-5-9-7-14-10(8-13-9)6-12-4-2/h3-4,9-10H,1-2,5-8H2. The second-order valence-electron chi connectivity index (χ2n) is 2.91. The first-order chi connectivity index (χ1) is 6.86. The maximum Gasteiger partial charge on any atom is 0.0232 e. The molecule has 0 nitrogen and oxygen atoms in total. The molecule has 2 atom stereocenters. The van der Waals surface area contributed by atoms with Crippen molar-refractivity contribution in [2.24, 2.45) is 0 Å². The predicted octanol–water partition coefficient (Wildman–Crippen LogP) is 3.96. The molecule has 0 radical (unpaired) electrons. The summed E-state index contributed by atoms with van der Waals surface area (Å²) in [6, 6.07) is 0. The van der Waals surface area contributed by atoms with Gasteiger partial charge in [-0.3, -0.25) is 0 Å². The number of hydrogen-bond donors (Lipinski definition) is 0. The van der Waals surface area contributed by atoms with E-state index in [0.29, 0.717) is 0 Å². The van der Waals surface area contributed by atoms with E-state index >= 15 is 0 Å². The van der Waals surface area contributed by atoms with Crippen LogP contribution in [0.1, 0.15) is 0 Å². The molecule has 2 unspecified atom stereocenters. The molecule has 0 aromatic heterocycles. The molecule has 0 amide bonds. The molecule has 0 N–H and O–H groups in total. The highest BCUT2D eigenvalue weighted by molar-refractivity contribution is 8.09. The Morgan fingerprint density at radius 1 is 1.00 bits per heavy atom. The minimum Gasteiger partial charge on any atom is -0.156 e. The van der Waals surface area contributed by atoms with Gasteiger partial charge in [0.1, 0.15) is 0 Å². The molecule has 1 fully saturated rings. The van der Waals surface area contributed by atoms with Crippen molar-refractivity contribution in [1.29, 1.82) is 0 Å². The zero-order valence-electron chi connectivity index (χ0n) is 8.19. The predicted molar refractivity (Wildman–Crippen MR) is 77.8 cm³/mol. The maximum atomic E-state index is 3.73. The zero-order chi connectivity index (χ0) is 10.2. The Labute approximate surface area is 104 Å². The van der Waals surface area contributed by atoms with Crippen molar-refractivity contribution in [3.05, 3.63) is 24.0 Å². The van der Waals surface area contributed by atoms with E-state index in [2.05, 4.69) is 36.7 Å². The molecule has 0 saturated carbocycles. The summed E-state index contributed by atoms with van der Waals surface area (Å²) in [6.07, 6.45) is 0. The minimum absolute atomic E-state index is 0.827. The first kappa shape index (κ1) is 12.9. The van der Waals surface area contributed by atoms with Crippen molar-refractivity contribution in [2.45, 2.75) is 10.5 Å². The zero-order valence-corrected chi connectivity index (χ0v) is 11.5. The van der Waals surface area contributed by atoms with Gasteiger partial charge in [-0.25, -0.2) is 0 Å². The second-order valence-corrected chi connectivity index (χ2v) is 7.58. The normalized spacial score (nSPS) is 27.1. The van der Waals surface area contributed by atoms with Gasteiger partial charge in [0.05, 0.1) is 0 Å². The Balaban J connectivity index is 2.10. The van der Waals surface area contributed by atoms with Crippen LogP contribution in [0.3, 0.4) is 0 Å². The first-order valence-electron chi connectivity index (χ1n) is 4.55. The van der Waals surface area contributed by atoms with Crippen LogP contribution >= 0.6 is 47.0 Å². The minimum atomic E-state index is 0.827. The van der Waals surface area contributed by atoms with Crippen LogP contribution in [0.2, 0.25) is 0 Å². The van der Waals surface area contributed by atoms with Crippen LogP contribution in [0.25, 0.3) is 0 Å². The van der Waals surface area contributed by atoms with Gasteiger partial charge < -0.3 is 0 Å². The Morgan fingerprint density at radius 3 is 1.71 bits per heavy atom. The smallest absolute Gasteiger partial charge is 0.0232 e. The van der Waals surface area contributed by atoms with Gasteiger partial charge >= 0.3 is 0 Å². The van der Waals surface area contributed by atoms with Gasteiger partial charge in [-0.05, 0) is 10.8 Å². The Morgan fingerprint density at radius 2 is 1.43 bits per heavy atom. The number of rotatable bonds is 6. The molecule has 1 aliphatic heterocycles. The second kappa shape index (κ2) is 8.08. The summed E-state index contributed by atoms with van der Waals surface area (Å²) in [5, 5.41) is 5.55. The lowest BCUT2D eigenvalue weighted by Crippen LogP contribution is -2.24. The third-order valence-electron chi connectivity index (χ3n) is 1.84. The molecule has 0 aromatic carbocycles. The van der Waals surface area contributed by atoms with Gasteiger partial charge in [-0.1, -0.05) is 13.2 Å². The molecule has 14 heavy (non-hydrogen) atoms. The fourth-order valence-corrected chi connectivity index (χ4v) is 6.05. The van der Waals surface area contributed by atoms with Crippen molar-refractivity contribution in [3.63, 3.8) is 0 Å². The van der Waals surface area contributed by atoms with Crippen LogP contribution in [0.15, 0.2) is 24.0 Å². The largest absolute Gasteiger partial charge is 0.156 e. The summed E-state index contributed by atoms with van der Waals surface area (Å²) in [5.74, 6) is 5.05. The number of thioether (sulfide) groups is 4. The molecule has 1 rings (SSSR count). The fraction of sp³-hybridized carbons (Fsp3) is 0.600. The van der Waals surface area contributed by atoms with E-state index < -0.39 is 0 Å². The molecule has 0 spiro atoms. The lowest BCUT2D eigenvalue weighted by molar-refractivity contribution is 1.06. The molecule has 0 aliphatic carbocycles. The third kappa shape index (κ3) is 5.10. The summed E-state index contributed by atoms with van der Waals surface area (Å²) >= 11 is 7.93. The average molecular weight is 265 g/mol. The van der Waals surface area contributed by atoms with E-state index in [0.717, 1.165) is 10.5 Å². The SMILES string of the molecule is C=CSCC1CSC(CSC=C)CS1. The molecule has 4 heteroatoms. The summed E-state index contributed by atoms with van der Waals surface area (Å²) in [6.45, 7) is 7.47. The molecule has 1 saturated heterocycles. The molecule has 0 aromatic rings. The van der Waals surface area contributed by atoms with Crippen LogP contribution < -0.4 is 0 Å². The van der Waals surface area contributed by atoms with Crippen molar-refractivity contribution in [2.75, 3.05) is 23.0 Å². The Hall–Kier alpha value is 0.880. The summed E-state index contributed by atoms with van der Waals surface area (Å²) in [4.78, 5) is 0. The van der Waals surface area contributed by atoms with E-state index in [1.807, 2.05) is 34.3 Å². The van der Waals surface area contributed by atoms with Gasteiger partial charge in [-0.2, -0.15) is 23.5 Å². The Bertz CT molecular complexity index is 153. The van der Waals surface area contributed by atoms with Crippen molar-refractivity contribution in [1.82, 2.24) is 0 Å². The van der Waals surface area contributed by atoms with E-state index in [1.165, 1.54) is 23.0 Å². The van der Waals surface area contributed by atoms with Crippen LogP contribution in [-0.4, -0.2) is 33.5 Å². The molecular weight excluding hydrogens is 248 g/mol. The molecule has 1 aliphatic rings. The quantitative estimate of drug-likeness (QED) is 0.712. The van der Waals surface area contributed by atoms with E-state index in [4.69, 9.17) is 0 Å². The van der Waals surface area contributed by atoms with Crippen LogP contribution in [0, 0.1) is 0 Å². The van der Waals surface area contributed by atoms with Gasteiger partial charge in [0.25, 0.3) is 0 Å². The molecule has 0 bridgehead atoms. The van der Waals surface area contributed by atoms with Crippen LogP contribution in [0.5, 0.6) is 0 Å². The molecule has 80 valence electrons. The van der Waals surface area contributed by atoms with Crippen molar-refractivity contribution >= 4 is 47.0 Å². The third-order valence-corrected chi connectivity index (χ3v) is 7.14. The van der Waals surface area contributed by atoms with Crippen LogP contribution in [0.4, 0.5) is 0 Å². The highest BCUT2D eigenvalue weighted by Gasteiger charge is 2.21. The molecule has 1 heterocycles. The summed E-state index contributed by atoms with van der Waals surface area (Å²) in [7, 11) is 0. The fourth-order valence-electron chi connectivity index (χ4n) is 1.13. The first-order valence-corrected chi connectivity index (χ1v) is 8.74. The summed E-state index contributed by atoms with van der Waals surface area (Å²) < 4.78 is 0. The van der Waals surface area contributed by atoms with Crippen molar-refractivity contribution < 1.29 is 0 Å². The van der Waals surface area contributed by atoms with Gasteiger partial charge in [-0.15, -0.1) is 23.5 Å². The molecular formula is C10H16S4. The van der Waals surface area contributed by atoms with E-state index in [-0.39, 0.29) is 0 Å².